The van der Waals surface area contributed by atoms with E-state index in [2.05, 4.69) is 25.8 Å². The van der Waals surface area contributed by atoms with Crippen LogP contribution in [-0.2, 0) is 0 Å². The van der Waals surface area contributed by atoms with Crippen molar-refractivity contribution in [2.45, 2.75) is 33.1 Å². The molecule has 0 amide bonds. The smallest absolute Gasteiger partial charge is 0.140 e. The number of aromatic amines is 1. The van der Waals surface area contributed by atoms with Gasteiger partial charge < -0.3 is 9.72 Å². The van der Waals surface area contributed by atoms with Gasteiger partial charge in [0, 0.05) is 12.1 Å². The summed E-state index contributed by atoms with van der Waals surface area (Å²) in [6.07, 6.45) is 3.09. The largest absolute Gasteiger partial charge is 0.492 e. The number of aromatic nitrogens is 1. The van der Waals surface area contributed by atoms with Gasteiger partial charge >= 0.3 is 0 Å². The minimum atomic E-state index is 0.323. The molecule has 1 aromatic heterocycles. The molecule has 2 heteroatoms. The van der Waals surface area contributed by atoms with E-state index in [4.69, 9.17) is 4.74 Å². The first kappa shape index (κ1) is 8.67. The quantitative estimate of drug-likeness (QED) is 0.650. The molecule has 1 aliphatic heterocycles. The Kier molecular flexibility index (Phi) is 1.86. The van der Waals surface area contributed by atoms with Crippen molar-refractivity contribution in [3.63, 3.8) is 0 Å². The third-order valence-electron chi connectivity index (χ3n) is 2.80. The summed E-state index contributed by atoms with van der Waals surface area (Å²) in [6.45, 7) is 7.71. The molecule has 0 aliphatic carbocycles. The minimum Gasteiger partial charge on any atom is -0.492 e. The Labute approximate surface area is 79.3 Å². The summed E-state index contributed by atoms with van der Waals surface area (Å²) in [5, 5.41) is 0. The molecule has 0 fully saturated rings. The van der Waals surface area contributed by atoms with Gasteiger partial charge in [-0.15, -0.1) is 0 Å². The van der Waals surface area contributed by atoms with E-state index in [1.165, 1.54) is 5.69 Å². The van der Waals surface area contributed by atoms with Crippen molar-refractivity contribution in [1.82, 2.24) is 4.98 Å². The SMILES string of the molecule is CC(C)(C)C1CCOc2cc[nH]c21. The van der Waals surface area contributed by atoms with Crippen LogP contribution in [0.5, 0.6) is 5.75 Å². The van der Waals surface area contributed by atoms with Gasteiger partial charge in [-0.05, 0) is 17.9 Å². The lowest BCUT2D eigenvalue weighted by molar-refractivity contribution is 0.201. The number of hydrogen-bond donors (Lipinski definition) is 1. The van der Waals surface area contributed by atoms with Gasteiger partial charge in [-0.2, -0.15) is 0 Å². The number of nitrogens with one attached hydrogen (secondary N) is 1. The molecule has 0 radical (unpaired) electrons. The van der Waals surface area contributed by atoms with Crippen LogP contribution in [-0.4, -0.2) is 11.6 Å². The van der Waals surface area contributed by atoms with E-state index in [0.717, 1.165) is 18.8 Å². The maximum Gasteiger partial charge on any atom is 0.140 e. The first-order chi connectivity index (χ1) is 6.09. The lowest BCUT2D eigenvalue weighted by atomic mass is 9.76. The van der Waals surface area contributed by atoms with Gasteiger partial charge in [0.1, 0.15) is 5.75 Å². The second kappa shape index (κ2) is 2.79. The van der Waals surface area contributed by atoms with Crippen molar-refractivity contribution in [3.8, 4) is 5.75 Å². The third-order valence-corrected chi connectivity index (χ3v) is 2.80. The molecule has 0 saturated heterocycles. The normalized spacial score (nSPS) is 22.2. The summed E-state index contributed by atoms with van der Waals surface area (Å²) in [4.78, 5) is 3.29. The van der Waals surface area contributed by atoms with Crippen molar-refractivity contribution in [2.75, 3.05) is 6.61 Å². The number of ether oxygens (including phenoxy) is 1. The molecular weight excluding hydrogens is 162 g/mol. The Morgan fingerprint density at radius 1 is 1.46 bits per heavy atom. The summed E-state index contributed by atoms with van der Waals surface area (Å²) in [6, 6.07) is 2.02. The van der Waals surface area contributed by atoms with Gasteiger partial charge in [0.2, 0.25) is 0 Å². The van der Waals surface area contributed by atoms with Gasteiger partial charge in [0.25, 0.3) is 0 Å². The zero-order chi connectivity index (χ0) is 9.47. The number of H-pyrrole nitrogens is 1. The summed E-state index contributed by atoms with van der Waals surface area (Å²) in [7, 11) is 0. The topological polar surface area (TPSA) is 25.0 Å². The maximum absolute atomic E-state index is 5.56. The Balaban J connectivity index is 2.35. The van der Waals surface area contributed by atoms with E-state index in [9.17, 15) is 0 Å². The fraction of sp³-hybridized carbons (Fsp3) is 0.636. The van der Waals surface area contributed by atoms with Crippen LogP contribution in [0.1, 0.15) is 38.8 Å². The highest BCUT2D eigenvalue weighted by Gasteiger charge is 2.32. The van der Waals surface area contributed by atoms with E-state index in [0.29, 0.717) is 11.3 Å². The van der Waals surface area contributed by atoms with Gasteiger partial charge in [-0.25, -0.2) is 0 Å². The van der Waals surface area contributed by atoms with Crippen LogP contribution in [0.25, 0.3) is 0 Å². The first-order valence-corrected chi connectivity index (χ1v) is 4.89. The molecule has 2 rings (SSSR count). The zero-order valence-corrected chi connectivity index (χ0v) is 8.55. The molecule has 0 spiro atoms. The molecule has 2 heterocycles. The Hall–Kier alpha value is -0.920. The molecule has 0 saturated carbocycles. The van der Waals surface area contributed by atoms with Crippen LogP contribution in [0.4, 0.5) is 0 Å². The molecule has 72 valence electrons. The monoisotopic (exact) mass is 179 g/mol. The third kappa shape index (κ3) is 1.45. The predicted octanol–water partition coefficient (Wildman–Crippen LogP) is 2.93. The molecule has 1 atom stereocenters. The molecule has 2 nitrogen and oxygen atoms in total. The fourth-order valence-electron chi connectivity index (χ4n) is 2.06. The molecule has 1 N–H and O–H groups in total. The average Bonchev–Trinajstić information content (AvgIpc) is 2.48. The molecule has 1 aromatic rings. The minimum absolute atomic E-state index is 0.323. The summed E-state index contributed by atoms with van der Waals surface area (Å²) in [5.41, 5.74) is 1.60. The van der Waals surface area contributed by atoms with Gasteiger partial charge in [-0.3, -0.25) is 0 Å². The van der Waals surface area contributed by atoms with Crippen molar-refractivity contribution >= 4 is 0 Å². The van der Waals surface area contributed by atoms with Crippen LogP contribution in [0, 0.1) is 5.41 Å². The standard InChI is InChI=1S/C11H17NO/c1-11(2,3)8-5-7-13-9-4-6-12-10(8)9/h4,6,8,12H,5,7H2,1-3H3. The van der Waals surface area contributed by atoms with Crippen LogP contribution in [0.15, 0.2) is 12.3 Å². The Bertz CT molecular complexity index is 295. The Morgan fingerprint density at radius 3 is 2.92 bits per heavy atom. The summed E-state index contributed by atoms with van der Waals surface area (Å²) < 4.78 is 5.56. The van der Waals surface area contributed by atoms with Crippen LogP contribution in [0.3, 0.4) is 0 Å². The molecule has 0 aromatic carbocycles. The summed E-state index contributed by atoms with van der Waals surface area (Å²) in [5.74, 6) is 1.65. The highest BCUT2D eigenvalue weighted by Crippen LogP contribution is 2.43. The van der Waals surface area contributed by atoms with Gasteiger partial charge in [-0.1, -0.05) is 20.8 Å². The molecule has 1 unspecified atom stereocenters. The highest BCUT2D eigenvalue weighted by atomic mass is 16.5. The fourth-order valence-corrected chi connectivity index (χ4v) is 2.06. The number of fused-ring (bicyclic) bond motifs is 1. The zero-order valence-electron chi connectivity index (χ0n) is 8.55. The molecular formula is C11H17NO. The van der Waals surface area contributed by atoms with Crippen LogP contribution in [0.2, 0.25) is 0 Å². The number of hydrogen-bond acceptors (Lipinski definition) is 1. The second-order valence-electron chi connectivity index (χ2n) is 4.81. The van der Waals surface area contributed by atoms with E-state index >= 15 is 0 Å². The Morgan fingerprint density at radius 2 is 2.23 bits per heavy atom. The van der Waals surface area contributed by atoms with Gasteiger partial charge in [0.05, 0.1) is 12.3 Å². The molecule has 0 bridgehead atoms. The van der Waals surface area contributed by atoms with Gasteiger partial charge in [0.15, 0.2) is 0 Å². The van der Waals surface area contributed by atoms with Crippen molar-refractivity contribution < 1.29 is 4.74 Å². The van der Waals surface area contributed by atoms with Crippen molar-refractivity contribution in [2.24, 2.45) is 5.41 Å². The highest BCUT2D eigenvalue weighted by molar-refractivity contribution is 5.33. The second-order valence-corrected chi connectivity index (χ2v) is 4.81. The lowest BCUT2D eigenvalue weighted by Gasteiger charge is -2.33. The summed E-state index contributed by atoms with van der Waals surface area (Å²) >= 11 is 0. The van der Waals surface area contributed by atoms with E-state index in [1.54, 1.807) is 0 Å². The van der Waals surface area contributed by atoms with Crippen molar-refractivity contribution in [3.05, 3.63) is 18.0 Å². The van der Waals surface area contributed by atoms with E-state index in [1.807, 2.05) is 12.3 Å². The van der Waals surface area contributed by atoms with E-state index < -0.39 is 0 Å². The first-order valence-electron chi connectivity index (χ1n) is 4.89. The molecule has 13 heavy (non-hydrogen) atoms. The van der Waals surface area contributed by atoms with Crippen LogP contribution < -0.4 is 4.74 Å². The molecule has 1 aliphatic rings. The van der Waals surface area contributed by atoms with E-state index in [-0.39, 0.29) is 0 Å². The maximum atomic E-state index is 5.56. The average molecular weight is 179 g/mol. The predicted molar refractivity (Wildman–Crippen MR) is 53.1 cm³/mol. The number of rotatable bonds is 0. The van der Waals surface area contributed by atoms with Crippen molar-refractivity contribution in [1.29, 1.82) is 0 Å². The lowest BCUT2D eigenvalue weighted by Crippen LogP contribution is -2.24. The van der Waals surface area contributed by atoms with Crippen LogP contribution >= 0.6 is 0 Å².